The molecule has 296 valence electrons. The van der Waals surface area contributed by atoms with E-state index < -0.39 is 17.4 Å². The minimum atomic E-state index is -0.579. The maximum absolute atomic E-state index is 11.5. The van der Waals surface area contributed by atoms with Crippen LogP contribution in [0.4, 0.5) is 0 Å². The Bertz CT molecular complexity index is 2290. The second kappa shape index (κ2) is 18.4. The topological polar surface area (TPSA) is 89.5 Å². The van der Waals surface area contributed by atoms with Crippen LogP contribution in [0.3, 0.4) is 0 Å². The molecule has 58 heavy (non-hydrogen) atoms. The zero-order valence-corrected chi connectivity index (χ0v) is 33.1. The molecule has 7 rings (SSSR count). The Morgan fingerprint density at radius 3 is 1.34 bits per heavy atom. The van der Waals surface area contributed by atoms with E-state index in [1.54, 1.807) is 13.8 Å². The number of esters is 2. The smallest absolute Gasteiger partial charge is 0.333 e. The van der Waals surface area contributed by atoms with E-state index >= 15 is 0 Å². The highest BCUT2D eigenvalue weighted by molar-refractivity contribution is 5.89. The van der Waals surface area contributed by atoms with Gasteiger partial charge in [0.25, 0.3) is 0 Å². The number of hydrogen-bond acceptors (Lipinski definition) is 8. The van der Waals surface area contributed by atoms with E-state index in [0.29, 0.717) is 50.8 Å². The summed E-state index contributed by atoms with van der Waals surface area (Å²) in [7, 11) is 0. The predicted molar refractivity (Wildman–Crippen MR) is 227 cm³/mol. The fraction of sp³-hybridized carbons (Fsp3) is 0.240. The molecule has 0 N–H and O–H groups in total. The number of carbonyl (C=O) groups is 2. The Morgan fingerprint density at radius 2 is 0.897 bits per heavy atom. The summed E-state index contributed by atoms with van der Waals surface area (Å²) >= 11 is 0. The lowest BCUT2D eigenvalue weighted by atomic mass is 9.59. The van der Waals surface area contributed by atoms with Gasteiger partial charge in [-0.15, -0.1) is 0 Å². The van der Waals surface area contributed by atoms with Crippen molar-refractivity contribution in [1.82, 2.24) is 0 Å². The summed E-state index contributed by atoms with van der Waals surface area (Å²) < 4.78 is 33.4. The van der Waals surface area contributed by atoms with Crippen molar-refractivity contribution in [1.29, 1.82) is 0 Å². The Morgan fingerprint density at radius 1 is 0.500 bits per heavy atom. The van der Waals surface area contributed by atoms with E-state index in [1.807, 2.05) is 12.1 Å². The number of fused-ring (bicyclic) bond motifs is 4. The lowest BCUT2D eigenvalue weighted by molar-refractivity contribution is -0.141. The summed E-state index contributed by atoms with van der Waals surface area (Å²) in [5, 5.41) is 4.37. The van der Waals surface area contributed by atoms with Gasteiger partial charge in [-0.1, -0.05) is 98.1 Å². The van der Waals surface area contributed by atoms with Crippen molar-refractivity contribution >= 4 is 33.5 Å². The molecule has 0 saturated carbocycles. The summed E-state index contributed by atoms with van der Waals surface area (Å²) in [5.74, 6) is 0.677. The zero-order valence-electron chi connectivity index (χ0n) is 33.1. The SMILES string of the molecule is C=C(C)C(=O)OCCOCCOc1ccc2cc(C3(c4ccc5cc(OCCOCCOC(=O)C(=C)C)ccc5c4)c4ccccc4Cc4ccccc43)ccc2c1. The molecular formula is C50H48O8. The quantitative estimate of drug-likeness (QED) is 0.0484. The third kappa shape index (κ3) is 8.84. The molecule has 0 heterocycles. The van der Waals surface area contributed by atoms with Gasteiger partial charge in [0.05, 0.1) is 31.8 Å². The van der Waals surface area contributed by atoms with E-state index in [9.17, 15) is 9.59 Å². The highest BCUT2D eigenvalue weighted by Gasteiger charge is 2.43. The molecule has 1 aliphatic carbocycles. The number of hydrogen-bond donors (Lipinski definition) is 0. The van der Waals surface area contributed by atoms with Crippen LogP contribution in [0, 0.1) is 0 Å². The third-order valence-corrected chi connectivity index (χ3v) is 10.3. The van der Waals surface area contributed by atoms with Gasteiger partial charge in [0.2, 0.25) is 0 Å². The van der Waals surface area contributed by atoms with Gasteiger partial charge in [-0.3, -0.25) is 0 Å². The standard InChI is InChI=1S/C50H48O8/c1-34(2)48(51)57-27-23-53-21-25-55-44-19-15-36-30-42(17-13-38(36)32-44)50(46-11-7-5-9-40(46)29-41-10-6-8-12-47(41)50)43-18-14-39-33-45(20-16-37(39)31-43)56-26-22-54-24-28-58-49(52)35(3)4/h5-20,30-33H,1,3,21-29H2,2,4H3. The average molecular weight is 777 g/mol. The number of ether oxygens (including phenoxy) is 6. The van der Waals surface area contributed by atoms with Crippen molar-refractivity contribution < 1.29 is 38.0 Å². The molecule has 0 amide bonds. The van der Waals surface area contributed by atoms with Crippen LogP contribution in [0.2, 0.25) is 0 Å². The van der Waals surface area contributed by atoms with Crippen LogP contribution in [0.15, 0.2) is 146 Å². The number of rotatable bonds is 18. The second-order valence-corrected chi connectivity index (χ2v) is 14.4. The molecule has 1 aliphatic rings. The fourth-order valence-corrected chi connectivity index (χ4v) is 7.59. The molecule has 0 fully saturated rings. The maximum Gasteiger partial charge on any atom is 0.333 e. The van der Waals surface area contributed by atoms with Crippen LogP contribution in [0.25, 0.3) is 21.5 Å². The monoisotopic (exact) mass is 776 g/mol. The zero-order chi connectivity index (χ0) is 40.5. The largest absolute Gasteiger partial charge is 0.491 e. The lowest BCUT2D eigenvalue weighted by Crippen LogP contribution is -2.36. The number of carbonyl (C=O) groups excluding carboxylic acids is 2. The van der Waals surface area contributed by atoms with E-state index in [0.717, 1.165) is 39.5 Å². The molecule has 6 aromatic carbocycles. The van der Waals surface area contributed by atoms with Gasteiger partial charge in [-0.05, 0) is 112 Å². The van der Waals surface area contributed by atoms with Crippen molar-refractivity contribution in [3.8, 4) is 11.5 Å². The van der Waals surface area contributed by atoms with Gasteiger partial charge in [0.15, 0.2) is 0 Å². The van der Waals surface area contributed by atoms with Crippen molar-refractivity contribution in [2.45, 2.75) is 25.7 Å². The van der Waals surface area contributed by atoms with E-state index in [1.165, 1.54) is 33.4 Å². The molecule has 0 radical (unpaired) electrons. The van der Waals surface area contributed by atoms with Gasteiger partial charge >= 0.3 is 11.9 Å². The molecule has 0 aliphatic heterocycles. The first-order valence-electron chi connectivity index (χ1n) is 19.6. The highest BCUT2D eigenvalue weighted by atomic mass is 16.6. The number of benzene rings is 6. The van der Waals surface area contributed by atoms with Crippen LogP contribution in [-0.4, -0.2) is 64.8 Å². The summed E-state index contributed by atoms with van der Waals surface area (Å²) in [5.41, 5.74) is 7.68. The van der Waals surface area contributed by atoms with Crippen molar-refractivity contribution in [2.75, 3.05) is 52.9 Å². The van der Waals surface area contributed by atoms with Gasteiger partial charge in [0.1, 0.15) is 37.9 Å². The van der Waals surface area contributed by atoms with E-state index in [-0.39, 0.29) is 13.2 Å². The molecule has 8 heteroatoms. The summed E-state index contributed by atoms with van der Waals surface area (Å²) in [6, 6.07) is 43.5. The minimum absolute atomic E-state index is 0.173. The molecule has 8 nitrogen and oxygen atoms in total. The molecule has 6 aromatic rings. The Labute approximate surface area is 339 Å². The van der Waals surface area contributed by atoms with Crippen LogP contribution >= 0.6 is 0 Å². The van der Waals surface area contributed by atoms with Crippen molar-refractivity contribution in [2.24, 2.45) is 0 Å². The van der Waals surface area contributed by atoms with Gasteiger partial charge < -0.3 is 28.4 Å². The maximum atomic E-state index is 11.5. The molecular weight excluding hydrogens is 729 g/mol. The lowest BCUT2D eigenvalue weighted by Gasteiger charge is -2.42. The first-order valence-corrected chi connectivity index (χ1v) is 19.6. The summed E-state index contributed by atoms with van der Waals surface area (Å²) in [6.07, 6.45) is 0.864. The van der Waals surface area contributed by atoms with Gasteiger partial charge in [0, 0.05) is 11.1 Å². The fourth-order valence-electron chi connectivity index (χ4n) is 7.59. The molecule has 0 atom stereocenters. The first-order chi connectivity index (χ1) is 28.2. The van der Waals surface area contributed by atoms with Crippen molar-refractivity contribution in [3.05, 3.63) is 179 Å². The Hall–Kier alpha value is -6.22. The van der Waals surface area contributed by atoms with Crippen LogP contribution in [-0.2, 0) is 40.4 Å². The van der Waals surface area contributed by atoms with E-state index in [4.69, 9.17) is 28.4 Å². The molecule has 0 aromatic heterocycles. The molecule has 0 unspecified atom stereocenters. The van der Waals surface area contributed by atoms with E-state index in [2.05, 4.69) is 122 Å². The van der Waals surface area contributed by atoms with Gasteiger partial charge in [-0.25, -0.2) is 9.59 Å². The average Bonchev–Trinajstić information content (AvgIpc) is 3.24. The molecule has 0 saturated heterocycles. The van der Waals surface area contributed by atoms with Crippen LogP contribution < -0.4 is 9.47 Å². The third-order valence-electron chi connectivity index (χ3n) is 10.3. The highest BCUT2D eigenvalue weighted by Crippen LogP contribution is 2.51. The first kappa shape index (κ1) is 40.0. The summed E-state index contributed by atoms with van der Waals surface area (Å²) in [4.78, 5) is 23.1. The predicted octanol–water partition coefficient (Wildman–Crippen LogP) is 9.31. The molecule has 0 spiro atoms. The van der Waals surface area contributed by atoms with Crippen LogP contribution in [0.1, 0.15) is 47.2 Å². The normalized spacial score (nSPS) is 12.7. The minimum Gasteiger partial charge on any atom is -0.491 e. The van der Waals surface area contributed by atoms with Crippen LogP contribution in [0.5, 0.6) is 11.5 Å². The molecule has 0 bridgehead atoms. The van der Waals surface area contributed by atoms with Crippen molar-refractivity contribution in [3.63, 3.8) is 0 Å². The Kier molecular flexibility index (Phi) is 12.7. The summed E-state index contributed by atoms with van der Waals surface area (Å²) in [6.45, 7) is 12.8. The second-order valence-electron chi connectivity index (χ2n) is 14.4. The Balaban J connectivity index is 1.13. The van der Waals surface area contributed by atoms with Gasteiger partial charge in [-0.2, -0.15) is 0 Å².